The Morgan fingerprint density at radius 1 is 1.47 bits per heavy atom. The van der Waals surface area contributed by atoms with Gasteiger partial charge in [0.05, 0.1) is 7.11 Å². The SMILES string of the molecule is CCNC(c1ccccc1OC)C1CCCS1. The van der Waals surface area contributed by atoms with Gasteiger partial charge in [-0.3, -0.25) is 0 Å². The summed E-state index contributed by atoms with van der Waals surface area (Å²) in [7, 11) is 1.75. The zero-order chi connectivity index (χ0) is 12.1. The third-order valence-corrected chi connectivity index (χ3v) is 4.70. The van der Waals surface area contributed by atoms with E-state index in [0.29, 0.717) is 11.3 Å². The first-order valence-corrected chi connectivity index (χ1v) is 7.39. The van der Waals surface area contributed by atoms with Gasteiger partial charge in [-0.25, -0.2) is 0 Å². The van der Waals surface area contributed by atoms with Crippen molar-refractivity contribution in [3.8, 4) is 5.75 Å². The van der Waals surface area contributed by atoms with Gasteiger partial charge in [-0.05, 0) is 31.2 Å². The summed E-state index contributed by atoms with van der Waals surface area (Å²) in [5.41, 5.74) is 1.30. The number of nitrogens with one attached hydrogen (secondary N) is 1. The second kappa shape index (κ2) is 6.31. The summed E-state index contributed by atoms with van der Waals surface area (Å²) in [6.45, 7) is 3.17. The molecule has 0 radical (unpaired) electrons. The second-order valence-electron chi connectivity index (χ2n) is 4.33. The summed E-state index contributed by atoms with van der Waals surface area (Å²) in [5, 5.41) is 4.30. The molecule has 2 rings (SSSR count). The molecule has 17 heavy (non-hydrogen) atoms. The largest absolute Gasteiger partial charge is 0.496 e. The van der Waals surface area contributed by atoms with Crippen LogP contribution in [0.5, 0.6) is 5.75 Å². The molecule has 2 atom stereocenters. The molecule has 0 aliphatic carbocycles. The molecule has 94 valence electrons. The Bertz CT molecular complexity index is 350. The highest BCUT2D eigenvalue weighted by atomic mass is 32.2. The Balaban J connectivity index is 2.24. The molecule has 0 amide bonds. The molecule has 0 saturated carbocycles. The Hall–Kier alpha value is -0.670. The minimum atomic E-state index is 0.420. The molecule has 1 fully saturated rings. The standard InChI is InChI=1S/C14H21NOS/c1-3-15-14(13-9-6-10-17-13)11-7-4-5-8-12(11)16-2/h4-5,7-8,13-15H,3,6,9-10H2,1-2H3. The van der Waals surface area contributed by atoms with Crippen LogP contribution in [0.15, 0.2) is 24.3 Å². The van der Waals surface area contributed by atoms with E-state index in [9.17, 15) is 0 Å². The van der Waals surface area contributed by atoms with Crippen LogP contribution in [-0.4, -0.2) is 24.7 Å². The number of rotatable bonds is 5. The van der Waals surface area contributed by atoms with Crippen LogP contribution in [0.1, 0.15) is 31.4 Å². The number of thioether (sulfide) groups is 1. The average Bonchev–Trinajstić information content (AvgIpc) is 2.89. The first-order chi connectivity index (χ1) is 8.36. The molecule has 0 aromatic heterocycles. The third-order valence-electron chi connectivity index (χ3n) is 3.23. The van der Waals surface area contributed by atoms with Gasteiger partial charge in [0, 0.05) is 16.9 Å². The normalized spacial score (nSPS) is 21.4. The Morgan fingerprint density at radius 2 is 2.29 bits per heavy atom. The molecule has 0 bridgehead atoms. The van der Waals surface area contributed by atoms with Crippen LogP contribution in [0.2, 0.25) is 0 Å². The van der Waals surface area contributed by atoms with E-state index in [4.69, 9.17) is 4.74 Å². The lowest BCUT2D eigenvalue weighted by Gasteiger charge is -2.25. The van der Waals surface area contributed by atoms with E-state index < -0.39 is 0 Å². The van der Waals surface area contributed by atoms with E-state index in [1.165, 1.54) is 24.2 Å². The van der Waals surface area contributed by atoms with Crippen molar-refractivity contribution in [3.63, 3.8) is 0 Å². The van der Waals surface area contributed by atoms with Crippen molar-refractivity contribution < 1.29 is 4.74 Å². The number of hydrogen-bond acceptors (Lipinski definition) is 3. The lowest BCUT2D eigenvalue weighted by Crippen LogP contribution is -2.29. The summed E-state index contributed by atoms with van der Waals surface area (Å²) in [6.07, 6.45) is 2.65. The molecule has 3 heteroatoms. The smallest absolute Gasteiger partial charge is 0.123 e. The van der Waals surface area contributed by atoms with Gasteiger partial charge < -0.3 is 10.1 Å². The highest BCUT2D eigenvalue weighted by Gasteiger charge is 2.28. The summed E-state index contributed by atoms with van der Waals surface area (Å²) in [4.78, 5) is 0. The maximum atomic E-state index is 5.48. The predicted octanol–water partition coefficient (Wildman–Crippen LogP) is 3.24. The third kappa shape index (κ3) is 2.96. The molecular weight excluding hydrogens is 230 g/mol. The van der Waals surface area contributed by atoms with Crippen LogP contribution in [-0.2, 0) is 0 Å². The molecule has 1 heterocycles. The van der Waals surface area contributed by atoms with Crippen molar-refractivity contribution in [2.45, 2.75) is 31.1 Å². The monoisotopic (exact) mass is 251 g/mol. The van der Waals surface area contributed by atoms with E-state index in [0.717, 1.165) is 12.3 Å². The van der Waals surface area contributed by atoms with Crippen LogP contribution in [0.25, 0.3) is 0 Å². The van der Waals surface area contributed by atoms with Crippen molar-refractivity contribution in [3.05, 3.63) is 29.8 Å². The molecule has 1 aromatic carbocycles. The topological polar surface area (TPSA) is 21.3 Å². The van der Waals surface area contributed by atoms with Crippen LogP contribution in [0.4, 0.5) is 0 Å². The number of hydrogen-bond donors (Lipinski definition) is 1. The van der Waals surface area contributed by atoms with Crippen molar-refractivity contribution in [1.29, 1.82) is 0 Å². The van der Waals surface area contributed by atoms with E-state index in [2.05, 4.69) is 42.2 Å². The molecule has 1 aromatic rings. The van der Waals surface area contributed by atoms with Crippen LogP contribution < -0.4 is 10.1 Å². The minimum absolute atomic E-state index is 0.420. The van der Waals surface area contributed by atoms with Gasteiger partial charge in [0.2, 0.25) is 0 Å². The maximum absolute atomic E-state index is 5.48. The quantitative estimate of drug-likeness (QED) is 0.868. The zero-order valence-corrected chi connectivity index (χ0v) is 11.4. The molecule has 1 aliphatic heterocycles. The Kier molecular flexibility index (Phi) is 4.75. The van der Waals surface area contributed by atoms with Gasteiger partial charge in [-0.1, -0.05) is 25.1 Å². The summed E-state index contributed by atoms with van der Waals surface area (Å²) in [6, 6.07) is 8.79. The van der Waals surface area contributed by atoms with Gasteiger partial charge in [-0.2, -0.15) is 11.8 Å². The van der Waals surface area contributed by atoms with Crippen LogP contribution in [0.3, 0.4) is 0 Å². The average molecular weight is 251 g/mol. The van der Waals surface area contributed by atoms with Crippen LogP contribution in [0, 0.1) is 0 Å². The predicted molar refractivity (Wildman–Crippen MR) is 74.9 cm³/mol. The molecule has 0 spiro atoms. The van der Waals surface area contributed by atoms with Crippen LogP contribution >= 0.6 is 11.8 Å². The molecular formula is C14H21NOS. The van der Waals surface area contributed by atoms with Crippen molar-refractivity contribution >= 4 is 11.8 Å². The zero-order valence-electron chi connectivity index (χ0n) is 10.6. The van der Waals surface area contributed by atoms with Crippen molar-refractivity contribution in [1.82, 2.24) is 5.32 Å². The summed E-state index contributed by atoms with van der Waals surface area (Å²) in [5.74, 6) is 2.30. The number of benzene rings is 1. The van der Waals surface area contributed by atoms with E-state index in [-0.39, 0.29) is 0 Å². The highest BCUT2D eigenvalue weighted by Crippen LogP contribution is 2.38. The summed E-state index contributed by atoms with van der Waals surface area (Å²) < 4.78 is 5.48. The second-order valence-corrected chi connectivity index (χ2v) is 5.68. The van der Waals surface area contributed by atoms with Gasteiger partial charge in [0.1, 0.15) is 5.75 Å². The van der Waals surface area contributed by atoms with Gasteiger partial charge in [0.15, 0.2) is 0 Å². The molecule has 1 N–H and O–H groups in total. The van der Waals surface area contributed by atoms with Gasteiger partial charge >= 0.3 is 0 Å². The lowest BCUT2D eigenvalue weighted by atomic mass is 10.00. The summed E-state index contributed by atoms with van der Waals surface area (Å²) >= 11 is 2.09. The number of methoxy groups -OCH3 is 1. The van der Waals surface area contributed by atoms with Gasteiger partial charge in [-0.15, -0.1) is 0 Å². The highest BCUT2D eigenvalue weighted by molar-refractivity contribution is 8.00. The molecule has 1 saturated heterocycles. The van der Waals surface area contributed by atoms with E-state index >= 15 is 0 Å². The molecule has 2 nitrogen and oxygen atoms in total. The maximum Gasteiger partial charge on any atom is 0.123 e. The Labute approximate surface area is 108 Å². The first kappa shape index (κ1) is 12.8. The van der Waals surface area contributed by atoms with E-state index in [1.807, 2.05) is 6.07 Å². The Morgan fingerprint density at radius 3 is 2.94 bits per heavy atom. The van der Waals surface area contributed by atoms with Crippen molar-refractivity contribution in [2.24, 2.45) is 0 Å². The first-order valence-electron chi connectivity index (χ1n) is 6.34. The molecule has 1 aliphatic rings. The lowest BCUT2D eigenvalue weighted by molar-refractivity contribution is 0.397. The fourth-order valence-electron chi connectivity index (χ4n) is 2.45. The van der Waals surface area contributed by atoms with Gasteiger partial charge in [0.25, 0.3) is 0 Å². The fourth-order valence-corrected chi connectivity index (χ4v) is 3.86. The number of para-hydroxylation sites is 1. The molecule has 2 unspecified atom stereocenters. The van der Waals surface area contributed by atoms with E-state index in [1.54, 1.807) is 7.11 Å². The number of ether oxygens (including phenoxy) is 1. The van der Waals surface area contributed by atoms with Crippen molar-refractivity contribution in [2.75, 3.05) is 19.4 Å². The minimum Gasteiger partial charge on any atom is -0.496 e. The fraction of sp³-hybridized carbons (Fsp3) is 0.571.